The number of allylic oxidation sites excluding steroid dienone is 1. The Morgan fingerprint density at radius 1 is 0.823 bits per heavy atom. The highest BCUT2D eigenvalue weighted by Gasteiger charge is 2.34. The lowest BCUT2D eigenvalue weighted by Gasteiger charge is -2.41. The van der Waals surface area contributed by atoms with E-state index >= 15 is 0 Å². The predicted octanol–water partition coefficient (Wildman–Crippen LogP) is 9.17. The molecule has 4 saturated heterocycles. The summed E-state index contributed by atoms with van der Waals surface area (Å²) in [6, 6.07) is 17.1. The number of benzene rings is 3. The highest BCUT2D eigenvalue weighted by atomic mass is 35.5. The Balaban J connectivity index is 0.00000171. The van der Waals surface area contributed by atoms with E-state index < -0.39 is 0 Å². The summed E-state index contributed by atoms with van der Waals surface area (Å²) in [5, 5.41) is 7.58. The zero-order chi connectivity index (χ0) is 43.5. The highest BCUT2D eigenvalue weighted by Crippen LogP contribution is 2.40. The van der Waals surface area contributed by atoms with E-state index in [4.69, 9.17) is 11.6 Å². The van der Waals surface area contributed by atoms with Crippen LogP contribution in [0.15, 0.2) is 61.3 Å². The number of amides is 4. The zero-order valence-electron chi connectivity index (χ0n) is 37.2. The van der Waals surface area contributed by atoms with Crippen molar-refractivity contribution in [2.24, 2.45) is 5.92 Å². The maximum Gasteiger partial charge on any atom is 0.328 e. The van der Waals surface area contributed by atoms with Crippen LogP contribution >= 0.6 is 11.6 Å². The van der Waals surface area contributed by atoms with Gasteiger partial charge in [-0.25, -0.2) is 4.79 Å². The van der Waals surface area contributed by atoms with Crippen LogP contribution in [0.1, 0.15) is 99.2 Å². The second-order valence-electron chi connectivity index (χ2n) is 18.2. The molecule has 3 aromatic carbocycles. The van der Waals surface area contributed by atoms with Crippen molar-refractivity contribution >= 4 is 68.7 Å². The van der Waals surface area contributed by atoms with E-state index in [0.717, 1.165) is 134 Å². The number of rotatable bonds is 9. The quantitative estimate of drug-likeness (QED) is 0.154. The van der Waals surface area contributed by atoms with Crippen LogP contribution in [0, 0.1) is 12.8 Å². The van der Waals surface area contributed by atoms with Gasteiger partial charge in [0.05, 0.1) is 21.9 Å². The molecule has 4 fully saturated rings. The van der Waals surface area contributed by atoms with Crippen LogP contribution in [0.25, 0.3) is 16.5 Å². The number of nitrogens with one attached hydrogen (secondary N) is 3. The number of hydrogen-bond donors (Lipinski definition) is 3. The molecule has 6 heterocycles. The molecule has 5 aliphatic heterocycles. The number of fused-ring (bicyclic) bond motifs is 2. The van der Waals surface area contributed by atoms with Gasteiger partial charge in [0.2, 0.25) is 5.91 Å². The normalized spacial score (nSPS) is 19.4. The van der Waals surface area contributed by atoms with Gasteiger partial charge in [0.1, 0.15) is 0 Å². The number of likely N-dealkylation sites (tertiary alicyclic amines) is 1. The summed E-state index contributed by atoms with van der Waals surface area (Å²) in [6.45, 7) is 21.1. The predicted molar refractivity (Wildman–Crippen MR) is 255 cm³/mol. The minimum Gasteiger partial charge on any atom is -0.372 e. The van der Waals surface area contributed by atoms with Crippen LogP contribution < -0.4 is 30.2 Å². The van der Waals surface area contributed by atoms with Crippen molar-refractivity contribution < 1.29 is 14.4 Å². The molecule has 0 radical (unpaired) electrons. The third-order valence-corrected chi connectivity index (χ3v) is 14.0. The lowest BCUT2D eigenvalue weighted by molar-refractivity contribution is -0.120. The number of imide groups is 1. The second-order valence-corrected chi connectivity index (χ2v) is 18.6. The molecule has 3 N–H and O–H groups in total. The standard InChI is InChI=1S/C47H57ClN8O3.C3H8/c1-30(2)38-28-49-45-42(10-9-39(48)44(38)45)54-23-13-33(14-24-54)50-46(58)36-8-7-35(27-31(36)3)53-21-11-32(12-22-53)29-52-19-15-34(16-20-52)55-25-17-37-40(55)5-4-6-41(37)56-26-18-43(57)51-47(56)59;1-3-2/h4-10,27-28,32-34,49H,1,11-26,29H2,2-3H3,(H,50,58)(H,51,57,59);3H2,1-2H3. The van der Waals surface area contributed by atoms with Gasteiger partial charge >= 0.3 is 6.03 Å². The first kappa shape index (κ1) is 43.6. The van der Waals surface area contributed by atoms with Crippen molar-refractivity contribution in [3.63, 3.8) is 0 Å². The largest absolute Gasteiger partial charge is 0.372 e. The fourth-order valence-corrected chi connectivity index (χ4v) is 10.7. The Kier molecular flexibility index (Phi) is 13.5. The number of hydrogen-bond acceptors (Lipinski definition) is 7. The Morgan fingerprint density at radius 2 is 1.53 bits per heavy atom. The van der Waals surface area contributed by atoms with Gasteiger partial charge in [-0.3, -0.25) is 19.8 Å². The first-order valence-corrected chi connectivity index (χ1v) is 23.5. The van der Waals surface area contributed by atoms with Crippen LogP contribution in [-0.2, 0) is 11.2 Å². The van der Waals surface area contributed by atoms with E-state index in [-0.39, 0.29) is 23.9 Å². The second kappa shape index (κ2) is 19.2. The van der Waals surface area contributed by atoms with Crippen molar-refractivity contribution in [2.45, 2.75) is 97.6 Å². The van der Waals surface area contributed by atoms with Gasteiger partial charge < -0.3 is 29.9 Å². The Hall–Kier alpha value is -5.00. The monoisotopic (exact) mass is 860 g/mol. The SMILES string of the molecule is C=C(C)c1c[nH]c2c(N3CCC(NC(=O)c4ccc(N5CCC(CN6CCC(N7CCc8c(N9CCC(=O)NC9=O)cccc87)CC6)CC5)cc4C)CC3)ccc(Cl)c12.CCC. The van der Waals surface area contributed by atoms with Crippen molar-refractivity contribution in [1.29, 1.82) is 0 Å². The molecule has 0 saturated carbocycles. The molecule has 330 valence electrons. The van der Waals surface area contributed by atoms with Crippen LogP contribution in [-0.4, -0.2) is 98.7 Å². The minimum atomic E-state index is -0.309. The molecular weight excluding hydrogens is 796 g/mol. The van der Waals surface area contributed by atoms with Crippen molar-refractivity contribution in [3.8, 4) is 0 Å². The van der Waals surface area contributed by atoms with E-state index in [1.165, 1.54) is 36.2 Å². The summed E-state index contributed by atoms with van der Waals surface area (Å²) in [5.41, 5.74) is 10.7. The molecule has 62 heavy (non-hydrogen) atoms. The number of halogens is 1. The molecule has 1 aromatic heterocycles. The fraction of sp³-hybridized carbons (Fsp3) is 0.500. The van der Waals surface area contributed by atoms with Gasteiger partial charge in [-0.05, 0) is 118 Å². The molecule has 4 aromatic rings. The third-order valence-electron chi connectivity index (χ3n) is 13.7. The van der Waals surface area contributed by atoms with Gasteiger partial charge in [0.25, 0.3) is 5.91 Å². The van der Waals surface area contributed by atoms with E-state index in [1.807, 2.05) is 31.3 Å². The van der Waals surface area contributed by atoms with Crippen molar-refractivity contribution in [1.82, 2.24) is 20.5 Å². The number of carbonyl (C=O) groups excluding carboxylic acids is 3. The number of carbonyl (C=O) groups is 3. The molecule has 0 unspecified atom stereocenters. The Labute approximate surface area is 372 Å². The van der Waals surface area contributed by atoms with E-state index in [1.54, 1.807) is 4.90 Å². The molecule has 11 nitrogen and oxygen atoms in total. The zero-order valence-corrected chi connectivity index (χ0v) is 38.0. The molecule has 0 bridgehead atoms. The Bertz CT molecular complexity index is 2280. The summed E-state index contributed by atoms with van der Waals surface area (Å²) in [6.07, 6.45) is 10.9. The van der Waals surface area contributed by atoms with E-state index in [2.05, 4.69) is 92.9 Å². The first-order chi connectivity index (χ1) is 30.0. The summed E-state index contributed by atoms with van der Waals surface area (Å²) >= 11 is 6.61. The van der Waals surface area contributed by atoms with Gasteiger partial charge in [0, 0.05) is 117 Å². The van der Waals surface area contributed by atoms with Crippen molar-refractivity contribution in [2.75, 3.05) is 78.5 Å². The number of nitrogens with zero attached hydrogens (tertiary/aromatic N) is 5. The van der Waals surface area contributed by atoms with Crippen LogP contribution in [0.5, 0.6) is 0 Å². The maximum atomic E-state index is 13.5. The third kappa shape index (κ3) is 9.20. The number of aromatic nitrogens is 1. The average molecular weight is 862 g/mol. The molecule has 9 rings (SSSR count). The lowest BCUT2D eigenvalue weighted by atomic mass is 9.93. The maximum absolute atomic E-state index is 13.5. The van der Waals surface area contributed by atoms with Gasteiger partial charge in [0.15, 0.2) is 0 Å². The van der Waals surface area contributed by atoms with Gasteiger partial charge in [-0.1, -0.05) is 44.5 Å². The molecule has 4 amide bonds. The smallest absolute Gasteiger partial charge is 0.328 e. The number of aryl methyl sites for hydroxylation is 1. The summed E-state index contributed by atoms with van der Waals surface area (Å²) in [4.78, 5) is 53.2. The van der Waals surface area contributed by atoms with Gasteiger partial charge in [-0.2, -0.15) is 0 Å². The molecule has 0 atom stereocenters. The van der Waals surface area contributed by atoms with Crippen LogP contribution in [0.4, 0.5) is 27.5 Å². The first-order valence-electron chi connectivity index (χ1n) is 23.1. The number of urea groups is 1. The number of piperidine rings is 3. The molecular formula is C50H65ClN8O3. The molecule has 0 aliphatic carbocycles. The average Bonchev–Trinajstić information content (AvgIpc) is 3.92. The summed E-state index contributed by atoms with van der Waals surface area (Å²) in [7, 11) is 0. The molecule has 5 aliphatic rings. The van der Waals surface area contributed by atoms with E-state index in [0.29, 0.717) is 24.9 Å². The van der Waals surface area contributed by atoms with Crippen LogP contribution in [0.2, 0.25) is 5.02 Å². The Morgan fingerprint density at radius 3 is 2.23 bits per heavy atom. The lowest BCUT2D eigenvalue weighted by Crippen LogP contribution is -2.49. The summed E-state index contributed by atoms with van der Waals surface area (Å²) < 4.78 is 0. The number of aromatic amines is 1. The van der Waals surface area contributed by atoms with Crippen LogP contribution in [0.3, 0.4) is 0 Å². The fourth-order valence-electron chi connectivity index (χ4n) is 10.4. The number of H-pyrrole nitrogens is 1. The van der Waals surface area contributed by atoms with Gasteiger partial charge in [-0.15, -0.1) is 0 Å². The topological polar surface area (TPSA) is 107 Å². The summed E-state index contributed by atoms with van der Waals surface area (Å²) in [5.74, 6) is 0.515. The highest BCUT2D eigenvalue weighted by molar-refractivity contribution is 6.36. The van der Waals surface area contributed by atoms with E-state index in [9.17, 15) is 14.4 Å². The molecule has 12 heteroatoms. The van der Waals surface area contributed by atoms with Crippen molar-refractivity contribution in [3.05, 3.63) is 88.6 Å². The molecule has 0 spiro atoms. The number of anilines is 4. The minimum absolute atomic E-state index is 0.0169.